The molecule has 20 aromatic rings. The summed E-state index contributed by atoms with van der Waals surface area (Å²) in [5, 5.41) is 24.9. The molecule has 0 aliphatic carbocycles. The Hall–Kier alpha value is -13.3. The summed E-state index contributed by atoms with van der Waals surface area (Å²) in [6.45, 7) is 25.5. The number of carbonyl (C=O) groups excluding carboxylic acids is 3. The molecular formula is C101H98BBr6ClN16O19S3+. The Morgan fingerprint density at radius 2 is 0.918 bits per heavy atom. The molecule has 20 rings (SSSR count). The van der Waals surface area contributed by atoms with Crippen LogP contribution in [-0.4, -0.2) is 156 Å². The highest BCUT2D eigenvalue weighted by molar-refractivity contribution is 9.11. The number of hydrogen-bond acceptors (Lipinski definition) is 24. The molecule has 1 radical (unpaired) electrons. The van der Waals surface area contributed by atoms with Crippen LogP contribution in [0, 0.1) is 20.8 Å². The van der Waals surface area contributed by atoms with Crippen LogP contribution in [0.5, 0.6) is 17.4 Å². The highest BCUT2D eigenvalue weighted by Gasteiger charge is 2.28. The molecule has 0 unspecified atom stereocenters. The highest BCUT2D eigenvalue weighted by atomic mass is 79.9. The van der Waals surface area contributed by atoms with Crippen molar-refractivity contribution in [3.8, 4) is 17.4 Å². The lowest BCUT2D eigenvalue weighted by Crippen LogP contribution is -2.29. The number of ether oxygens (including phenoxy) is 5. The van der Waals surface area contributed by atoms with Gasteiger partial charge in [-0.2, -0.15) is 4.98 Å². The van der Waals surface area contributed by atoms with Gasteiger partial charge in [0.15, 0.2) is 21.5 Å². The highest BCUT2D eigenvalue weighted by Crippen LogP contribution is 2.32. The van der Waals surface area contributed by atoms with E-state index in [1.807, 2.05) is 108 Å². The number of H-pyrrole nitrogens is 6. The van der Waals surface area contributed by atoms with Gasteiger partial charge < -0.3 is 63.5 Å². The number of pyridine rings is 8. The van der Waals surface area contributed by atoms with Gasteiger partial charge in [-0.05, 0) is 375 Å². The first kappa shape index (κ1) is 114. The van der Waals surface area contributed by atoms with E-state index in [1.54, 1.807) is 239 Å². The molecule has 0 aliphatic heterocycles. The summed E-state index contributed by atoms with van der Waals surface area (Å²) < 4.78 is 113. The lowest BCUT2D eigenvalue weighted by Gasteiger charge is -2.20. The third-order valence-corrected chi connectivity index (χ3v) is 27.4. The number of rotatable bonds is 10. The Labute approximate surface area is 899 Å². The van der Waals surface area contributed by atoms with Crippen LogP contribution in [0.1, 0.15) is 92.9 Å². The minimum absolute atomic E-state index is 0.0251. The molecule has 0 aliphatic rings. The lowest BCUT2D eigenvalue weighted by atomic mass is 10.2. The van der Waals surface area contributed by atoms with E-state index >= 15 is 0 Å². The minimum Gasteiger partial charge on any atom is -0.537 e. The number of aryl methyl sites for hydroxylation is 3. The molecule has 46 heteroatoms. The Morgan fingerprint density at radius 3 is 1.49 bits per heavy atom. The van der Waals surface area contributed by atoms with E-state index in [-0.39, 0.29) is 37.8 Å². The van der Waals surface area contributed by atoms with Gasteiger partial charge in [0.25, 0.3) is 29.1 Å². The third kappa shape index (κ3) is 32.8. The Kier molecular flexibility index (Phi) is 39.1. The molecule has 0 fully saturated rings. The van der Waals surface area contributed by atoms with Crippen molar-refractivity contribution < 1.29 is 82.9 Å². The topological polar surface area (TPSA) is 466 Å². The van der Waals surface area contributed by atoms with Crippen LogP contribution in [0.25, 0.3) is 88.3 Å². The summed E-state index contributed by atoms with van der Waals surface area (Å²) in [4.78, 5) is 97.0. The van der Waals surface area contributed by atoms with Gasteiger partial charge in [0, 0.05) is 110 Å². The number of fused-ring (bicyclic) bond motifs is 8. The van der Waals surface area contributed by atoms with Crippen LogP contribution >= 0.6 is 106 Å². The molecule has 0 saturated carbocycles. The van der Waals surface area contributed by atoms with E-state index in [2.05, 4.69) is 150 Å². The summed E-state index contributed by atoms with van der Waals surface area (Å²) in [5.41, 5.74) is 5.68. The van der Waals surface area contributed by atoms with Crippen molar-refractivity contribution in [3.63, 3.8) is 0 Å². The van der Waals surface area contributed by atoms with E-state index in [9.17, 15) is 54.4 Å². The molecule has 0 saturated heterocycles. The van der Waals surface area contributed by atoms with Crippen LogP contribution in [-0.2, 0) is 43.3 Å². The van der Waals surface area contributed by atoms with E-state index in [4.69, 9.17) is 44.0 Å². The molecule has 147 heavy (non-hydrogen) atoms. The van der Waals surface area contributed by atoms with E-state index in [0.29, 0.717) is 60.9 Å². The predicted molar refractivity (Wildman–Crippen MR) is 587 cm³/mol. The second kappa shape index (κ2) is 50.4. The molecule has 16 aromatic heterocycles. The SMILES string of the molecule is Brc1cc2cccnc2[nH]1.CC(C)(C)OC(=O)Oc1ccc2cc(Br)n(C(=O)OC(C)(C)C)c2n1.CC(C)(C)OC(=O)n1c(Br)cc2ccc(=O)[nH]c21.CC(C)Oc1ccc(O[B]O)cc1.Cc1ccc(S(=O)(=O)Cl)cc1.Cc1ccc(S(=O)(=O)n2c(Br)cc3cccnc32)cc1.Cc1ccc(S(=O)(=O)n2ccc3cccnc32)cc1.O=c1ccc2cc(Br)[nH]c2[nH]1.O[n+]1cccc2cc(Br)[nH]c21.c1cnc2[nH]ccc2c1. The largest absolute Gasteiger partial charge is 0.569 e. The number of nitrogens with one attached hydrogen (secondary N) is 6. The molecule has 0 atom stereocenters. The van der Waals surface area contributed by atoms with Gasteiger partial charge in [-0.15, -0.1) is 0 Å². The Balaban J connectivity index is 0.000000158. The Morgan fingerprint density at radius 1 is 0.449 bits per heavy atom. The van der Waals surface area contributed by atoms with Crippen molar-refractivity contribution in [2.45, 2.75) is 135 Å². The average molecular weight is 2460 g/mol. The van der Waals surface area contributed by atoms with E-state index < -0.39 is 64.2 Å². The number of halogens is 7. The molecule has 16 heterocycles. The third-order valence-electron chi connectivity index (χ3n) is 19.4. The first-order chi connectivity index (χ1) is 69.3. The summed E-state index contributed by atoms with van der Waals surface area (Å²) in [5.74, 6) is 1.40. The summed E-state index contributed by atoms with van der Waals surface area (Å²) in [6.07, 6.45) is 9.88. The first-order valence-electron chi connectivity index (χ1n) is 44.1. The van der Waals surface area contributed by atoms with Crippen LogP contribution in [0.3, 0.4) is 0 Å². The summed E-state index contributed by atoms with van der Waals surface area (Å²) in [7, 11) is -5.06. The van der Waals surface area contributed by atoms with Gasteiger partial charge in [0.1, 0.15) is 61.7 Å². The van der Waals surface area contributed by atoms with Gasteiger partial charge in [0.2, 0.25) is 17.0 Å². The maximum Gasteiger partial charge on any atom is 0.569 e. The van der Waals surface area contributed by atoms with Crippen molar-refractivity contribution >= 4 is 250 Å². The molecule has 765 valence electrons. The second-order valence-corrected chi connectivity index (χ2v) is 45.9. The average Bonchev–Trinajstić information content (AvgIpc) is 1.62. The minimum atomic E-state index is -3.66. The van der Waals surface area contributed by atoms with Crippen LogP contribution in [0.15, 0.2) is 338 Å². The molecule has 8 N–H and O–H groups in total. The van der Waals surface area contributed by atoms with E-state index in [0.717, 1.165) is 95.6 Å². The molecular weight excluding hydrogens is 2360 g/mol. The van der Waals surface area contributed by atoms with Crippen molar-refractivity contribution in [2.24, 2.45) is 0 Å². The molecule has 0 amide bonds. The molecule has 0 spiro atoms. The van der Waals surface area contributed by atoms with Crippen molar-refractivity contribution in [3.05, 3.63) is 351 Å². The quantitative estimate of drug-likeness (QED) is 0.0157. The smallest absolute Gasteiger partial charge is 0.537 e. The zero-order valence-corrected chi connectivity index (χ0v) is 93.7. The zero-order valence-electron chi connectivity index (χ0n) is 81.0. The van der Waals surface area contributed by atoms with Gasteiger partial charge in [-0.3, -0.25) is 9.59 Å². The molecule has 4 aromatic carbocycles. The standard InChI is InChI=1S/C17H21BrN2O5.C14H11BrN2O2S.C14H12N2O2S.C12H13BrN2O3.C9H12BO3.2C7H5BrN2O.C7H5BrN2.C7H7ClO2S.C7H6N2/c1-16(2,3)24-14(21)20-11(18)9-10-7-8-12(19-13(10)20)23-15(22)25-17(4,5)6;1-10-4-6-12(7-5-10)20(18,19)17-13(15)9-11-3-2-8-16-14(11)17;1-11-4-6-13(7-5-11)19(17,18)16-10-8-12-3-2-9-15-14(12)16;1-12(2,3)18-11(17)15-8(13)6-7-4-5-9(16)14-10(7)15;1-7(2)12-8-3-5-9(6-4-8)13-10-11;8-5-3-4-1-2-6(11)10-7(4)9-5;8-6-4-5-2-1-3-10(11)7(5)9-6;8-6-4-5-2-1-3-9-7(5)10-6;1-6-2-4-7(5-3-6)11(8,9)10;1-2-6-3-5-9-7(6)8-4-1/h7-9H,1-6H3;2-9H,1H3;2-10H,1H3;4-6H,1-3H3,(H,14,16);3-7,11H,1-2H3;1-3H,(H2,9,10,11);1-4,11H;1-4H,(H,9,10);2-5H,1H3;1-5H,(H,8,9)/p+1. The fourth-order valence-corrected chi connectivity index (χ4v) is 19.8. The fraction of sp³-hybridized carbons (Fsp3) is 0.178. The predicted octanol–water partition coefficient (Wildman–Crippen LogP) is 24.0. The summed E-state index contributed by atoms with van der Waals surface area (Å²) >= 11 is 19.8. The van der Waals surface area contributed by atoms with Crippen LogP contribution < -0.4 is 30.0 Å². The van der Waals surface area contributed by atoms with Crippen molar-refractivity contribution in [2.75, 3.05) is 0 Å². The normalized spacial score (nSPS) is 11.3. The molecule has 35 nitrogen and oxygen atoms in total. The number of benzene rings is 4. The van der Waals surface area contributed by atoms with Crippen molar-refractivity contribution in [1.82, 2.24) is 71.9 Å². The lowest BCUT2D eigenvalue weighted by molar-refractivity contribution is -0.885. The fourth-order valence-electron chi connectivity index (χ4n) is 13.0. The monoisotopic (exact) mass is 2450 g/mol. The first-order valence-corrected chi connectivity index (χ1v) is 54.0. The number of carbonyl (C=O) groups is 3. The van der Waals surface area contributed by atoms with Gasteiger partial charge >= 0.3 is 31.7 Å². The summed E-state index contributed by atoms with van der Waals surface area (Å²) in [6, 6.07) is 70.1. The number of hydrogen-bond donors (Lipinski definition) is 8. The zero-order chi connectivity index (χ0) is 107. The van der Waals surface area contributed by atoms with E-state index in [1.165, 1.54) is 53.6 Å². The second-order valence-electron chi connectivity index (χ2n) is 34.8. The van der Waals surface area contributed by atoms with Gasteiger partial charge in [0.05, 0.1) is 44.6 Å². The van der Waals surface area contributed by atoms with Gasteiger partial charge in [-0.1, -0.05) is 57.8 Å². The van der Waals surface area contributed by atoms with Crippen molar-refractivity contribution in [1.29, 1.82) is 0 Å². The molecule has 0 bridgehead atoms. The van der Waals surface area contributed by atoms with Crippen LogP contribution in [0.2, 0.25) is 0 Å². The van der Waals surface area contributed by atoms with Crippen LogP contribution in [0.4, 0.5) is 14.4 Å². The number of aromatic nitrogens is 16. The maximum absolute atomic E-state index is 12.7. The Bertz CT molecular complexity index is 8430. The maximum atomic E-state index is 12.7. The number of nitrogens with zero attached hydrogens (tertiary/aromatic N) is 10. The number of aromatic amines is 6. The van der Waals surface area contributed by atoms with Gasteiger partial charge in [-0.25, -0.2) is 81.6 Å².